The lowest BCUT2D eigenvalue weighted by Gasteiger charge is -2.06. The highest BCUT2D eigenvalue weighted by Crippen LogP contribution is 2.20. The second-order valence-electron chi connectivity index (χ2n) is 6.73. The van der Waals surface area contributed by atoms with Gasteiger partial charge in [0.25, 0.3) is 11.5 Å². The van der Waals surface area contributed by atoms with Crippen LogP contribution in [0.15, 0.2) is 29.1 Å². The SMILES string of the molecule is CCCCNC(=O)/C(C#N)=c1\s/c(=C/c2ccccc2OC(F)F)c(=O)n1CCCOC. The number of halogens is 2. The highest BCUT2D eigenvalue weighted by molar-refractivity contribution is 7.07. The molecule has 0 aliphatic heterocycles. The van der Waals surface area contributed by atoms with Crippen LogP contribution in [0.5, 0.6) is 5.75 Å². The summed E-state index contributed by atoms with van der Waals surface area (Å²) < 4.78 is 36.8. The molecule has 0 saturated heterocycles. The number of methoxy groups -OCH3 is 1. The first kappa shape index (κ1) is 25.2. The van der Waals surface area contributed by atoms with Crippen molar-refractivity contribution in [2.75, 3.05) is 20.3 Å². The van der Waals surface area contributed by atoms with Crippen LogP contribution in [0.2, 0.25) is 0 Å². The van der Waals surface area contributed by atoms with Gasteiger partial charge in [-0.1, -0.05) is 31.5 Å². The minimum Gasteiger partial charge on any atom is -0.434 e. The van der Waals surface area contributed by atoms with Gasteiger partial charge in [-0.2, -0.15) is 14.0 Å². The monoisotopic (exact) mass is 465 g/mol. The highest BCUT2D eigenvalue weighted by Gasteiger charge is 2.16. The molecule has 0 bridgehead atoms. The van der Waals surface area contributed by atoms with Crippen LogP contribution in [0, 0.1) is 11.3 Å². The van der Waals surface area contributed by atoms with Gasteiger partial charge in [-0.05, 0) is 25.0 Å². The van der Waals surface area contributed by atoms with E-state index >= 15 is 0 Å². The number of ether oxygens (including phenoxy) is 2. The largest absolute Gasteiger partial charge is 0.434 e. The van der Waals surface area contributed by atoms with E-state index in [9.17, 15) is 23.6 Å². The highest BCUT2D eigenvalue weighted by atomic mass is 32.1. The second-order valence-corrected chi connectivity index (χ2v) is 7.76. The topological polar surface area (TPSA) is 93.4 Å². The summed E-state index contributed by atoms with van der Waals surface area (Å²) >= 11 is 0.957. The van der Waals surface area contributed by atoms with Crippen LogP contribution in [-0.2, 0) is 16.1 Å². The molecule has 32 heavy (non-hydrogen) atoms. The van der Waals surface area contributed by atoms with Gasteiger partial charge in [-0.3, -0.25) is 14.2 Å². The number of aromatic nitrogens is 1. The van der Waals surface area contributed by atoms with E-state index < -0.39 is 18.1 Å². The van der Waals surface area contributed by atoms with E-state index in [0.29, 0.717) is 19.6 Å². The van der Waals surface area contributed by atoms with E-state index in [1.807, 2.05) is 13.0 Å². The molecule has 0 unspecified atom stereocenters. The third-order valence-electron chi connectivity index (χ3n) is 4.43. The molecule has 1 amide bonds. The van der Waals surface area contributed by atoms with Crippen molar-refractivity contribution in [3.8, 4) is 11.8 Å². The van der Waals surface area contributed by atoms with E-state index in [4.69, 9.17) is 4.74 Å². The Morgan fingerprint density at radius 2 is 2.09 bits per heavy atom. The molecule has 0 atom stereocenters. The third kappa shape index (κ3) is 6.73. The van der Waals surface area contributed by atoms with Crippen molar-refractivity contribution < 1.29 is 23.0 Å². The molecule has 0 radical (unpaired) electrons. The average molecular weight is 466 g/mol. The summed E-state index contributed by atoms with van der Waals surface area (Å²) in [7, 11) is 1.53. The predicted molar refractivity (Wildman–Crippen MR) is 118 cm³/mol. The van der Waals surface area contributed by atoms with Crippen molar-refractivity contribution in [1.29, 1.82) is 5.26 Å². The Morgan fingerprint density at radius 3 is 2.75 bits per heavy atom. The number of hydrogen-bond acceptors (Lipinski definition) is 6. The summed E-state index contributed by atoms with van der Waals surface area (Å²) in [5.41, 5.74) is -0.313. The zero-order valence-corrected chi connectivity index (χ0v) is 18.7. The van der Waals surface area contributed by atoms with Gasteiger partial charge in [-0.25, -0.2) is 0 Å². The van der Waals surface area contributed by atoms with E-state index in [2.05, 4.69) is 10.1 Å². The van der Waals surface area contributed by atoms with Crippen molar-refractivity contribution >= 4 is 28.9 Å². The van der Waals surface area contributed by atoms with Crippen LogP contribution in [-0.4, -0.2) is 37.3 Å². The number of unbranched alkanes of at least 4 members (excludes halogenated alkanes) is 1. The molecular formula is C22H25F2N3O4S. The maximum absolute atomic E-state index is 13.1. The number of carbonyl (C=O) groups excluding carboxylic acids is 1. The Hall–Kier alpha value is -3.03. The number of nitriles is 1. The van der Waals surface area contributed by atoms with Crippen molar-refractivity contribution in [3.05, 3.63) is 49.4 Å². The zero-order chi connectivity index (χ0) is 23.5. The Morgan fingerprint density at radius 1 is 1.34 bits per heavy atom. The molecule has 0 spiro atoms. The number of benzene rings is 1. The van der Waals surface area contributed by atoms with Gasteiger partial charge in [0.05, 0.1) is 4.53 Å². The molecule has 1 aromatic carbocycles. The molecule has 0 aliphatic carbocycles. The van der Waals surface area contributed by atoms with Gasteiger partial charge in [0.1, 0.15) is 16.5 Å². The molecule has 1 heterocycles. The van der Waals surface area contributed by atoms with Gasteiger partial charge in [0, 0.05) is 32.4 Å². The van der Waals surface area contributed by atoms with Crippen LogP contribution in [0.3, 0.4) is 0 Å². The Kier molecular flexibility index (Phi) is 10.0. The number of amides is 1. The number of carbonyl (C=O) groups is 1. The molecule has 1 aromatic heterocycles. The van der Waals surface area contributed by atoms with Crippen LogP contribution >= 0.6 is 11.3 Å². The molecule has 1 N–H and O–H groups in total. The lowest BCUT2D eigenvalue weighted by molar-refractivity contribution is -0.115. The molecule has 2 rings (SSSR count). The molecule has 0 fully saturated rings. The lowest BCUT2D eigenvalue weighted by atomic mass is 10.2. The van der Waals surface area contributed by atoms with Crippen LogP contribution in [0.1, 0.15) is 31.7 Å². The summed E-state index contributed by atoms with van der Waals surface area (Å²) in [5.74, 6) is -0.639. The minimum absolute atomic E-state index is 0.0791. The molecule has 0 aliphatic rings. The molecule has 7 nitrogen and oxygen atoms in total. The number of nitrogens with zero attached hydrogens (tertiary/aromatic N) is 2. The van der Waals surface area contributed by atoms with E-state index in [1.165, 1.54) is 29.9 Å². The Bertz CT molecular complexity index is 1140. The summed E-state index contributed by atoms with van der Waals surface area (Å²) in [5, 5.41) is 12.3. The van der Waals surface area contributed by atoms with Crippen molar-refractivity contribution in [2.45, 2.75) is 39.3 Å². The minimum atomic E-state index is -3.01. The number of rotatable bonds is 11. The van der Waals surface area contributed by atoms with Crippen LogP contribution in [0.25, 0.3) is 11.6 Å². The molecule has 0 saturated carbocycles. The van der Waals surface area contributed by atoms with Crippen LogP contribution in [0.4, 0.5) is 8.78 Å². The summed E-state index contributed by atoms with van der Waals surface area (Å²) in [6.45, 7) is -0.00642. The van der Waals surface area contributed by atoms with Gasteiger partial charge in [0.2, 0.25) is 0 Å². The third-order valence-corrected chi connectivity index (χ3v) is 5.56. The van der Waals surface area contributed by atoms with Crippen LogP contribution < -0.4 is 24.8 Å². The molecule has 10 heteroatoms. The Labute approximate surface area is 188 Å². The maximum Gasteiger partial charge on any atom is 0.387 e. The van der Waals surface area contributed by atoms with Crippen molar-refractivity contribution in [3.63, 3.8) is 0 Å². The molecule has 2 aromatic rings. The summed E-state index contributed by atoms with van der Waals surface area (Å²) in [4.78, 5) is 25.7. The number of thiazole rings is 1. The summed E-state index contributed by atoms with van der Waals surface area (Å²) in [6, 6.07) is 7.99. The maximum atomic E-state index is 13.1. The number of hydrogen-bond donors (Lipinski definition) is 1. The number of para-hydroxylation sites is 1. The smallest absolute Gasteiger partial charge is 0.387 e. The fraction of sp³-hybridized carbons (Fsp3) is 0.409. The fourth-order valence-corrected chi connectivity index (χ4v) is 4.00. The van der Waals surface area contributed by atoms with E-state index in [1.54, 1.807) is 12.1 Å². The summed E-state index contributed by atoms with van der Waals surface area (Å²) in [6.07, 6.45) is 3.55. The van der Waals surface area contributed by atoms with Crippen molar-refractivity contribution in [1.82, 2.24) is 9.88 Å². The van der Waals surface area contributed by atoms with E-state index in [0.717, 1.165) is 24.2 Å². The van der Waals surface area contributed by atoms with Gasteiger partial charge in [-0.15, -0.1) is 11.3 Å². The molecular weight excluding hydrogens is 440 g/mol. The average Bonchev–Trinajstić information content (AvgIpc) is 3.05. The first-order chi connectivity index (χ1) is 15.4. The standard InChI is InChI=1S/C22H25F2N3O4S/c1-3-4-10-26-19(28)16(14-25)21-27(11-7-12-30-2)20(29)18(32-21)13-15-8-5-6-9-17(15)31-22(23)24/h5-6,8-9,13,22H,3-4,7,10-12H2,1-2H3,(H,26,28)/b18-13+,21-16-. The number of alkyl halides is 2. The first-order valence-electron chi connectivity index (χ1n) is 10.1. The number of nitrogens with one attached hydrogen (secondary N) is 1. The first-order valence-corrected chi connectivity index (χ1v) is 10.9. The predicted octanol–water partition coefficient (Wildman–Crippen LogP) is 1.97. The quantitative estimate of drug-likeness (QED) is 0.512. The van der Waals surface area contributed by atoms with Gasteiger partial charge < -0.3 is 14.8 Å². The fourth-order valence-electron chi connectivity index (χ4n) is 2.88. The Balaban J connectivity index is 2.65. The lowest BCUT2D eigenvalue weighted by Crippen LogP contribution is -2.35. The zero-order valence-electron chi connectivity index (χ0n) is 17.9. The van der Waals surface area contributed by atoms with Crippen molar-refractivity contribution in [2.24, 2.45) is 0 Å². The van der Waals surface area contributed by atoms with E-state index in [-0.39, 0.29) is 32.6 Å². The van der Waals surface area contributed by atoms with Gasteiger partial charge >= 0.3 is 6.61 Å². The molecule has 172 valence electrons. The second kappa shape index (κ2) is 12.7. The normalized spacial score (nSPS) is 12.6. The van der Waals surface area contributed by atoms with Gasteiger partial charge in [0.15, 0.2) is 5.57 Å².